The van der Waals surface area contributed by atoms with Crippen molar-refractivity contribution < 1.29 is 14.3 Å². The zero-order valence-electron chi connectivity index (χ0n) is 11.9. The highest BCUT2D eigenvalue weighted by Gasteiger charge is 2.24. The van der Waals surface area contributed by atoms with Gasteiger partial charge in [0.2, 0.25) is 5.76 Å². The molecule has 1 saturated carbocycles. The first-order chi connectivity index (χ1) is 8.97. The number of hydrogen-bond acceptors (Lipinski definition) is 3. The average molecular weight is 265 g/mol. The van der Waals surface area contributed by atoms with E-state index in [2.05, 4.69) is 19.2 Å². The summed E-state index contributed by atoms with van der Waals surface area (Å²) in [6.07, 6.45) is 3.67. The van der Waals surface area contributed by atoms with Crippen LogP contribution in [0.15, 0.2) is 10.5 Å². The molecule has 19 heavy (non-hydrogen) atoms. The van der Waals surface area contributed by atoms with E-state index < -0.39 is 5.97 Å². The molecule has 0 spiro atoms. The molecule has 2 N–H and O–H groups in total. The molecule has 106 valence electrons. The van der Waals surface area contributed by atoms with Gasteiger partial charge in [0.15, 0.2) is 0 Å². The van der Waals surface area contributed by atoms with Crippen LogP contribution >= 0.6 is 0 Å². The van der Waals surface area contributed by atoms with E-state index in [9.17, 15) is 4.79 Å². The number of furan rings is 1. The molecule has 1 aliphatic rings. The van der Waals surface area contributed by atoms with E-state index in [-0.39, 0.29) is 5.76 Å². The summed E-state index contributed by atoms with van der Waals surface area (Å²) in [6.45, 7) is 7.13. The van der Waals surface area contributed by atoms with Crippen LogP contribution in [0.2, 0.25) is 0 Å². The molecule has 0 saturated heterocycles. The van der Waals surface area contributed by atoms with Crippen molar-refractivity contribution in [1.82, 2.24) is 5.32 Å². The third-order valence-electron chi connectivity index (χ3n) is 4.41. The molecule has 4 nitrogen and oxygen atoms in total. The SMILES string of the molecule is Cc1oc(C(=O)O)cc1CNC1CCC(C)C(C)C1. The summed E-state index contributed by atoms with van der Waals surface area (Å²) in [6, 6.07) is 2.16. The fourth-order valence-electron chi connectivity index (χ4n) is 2.79. The molecule has 2 rings (SSSR count). The number of hydrogen-bond donors (Lipinski definition) is 2. The maximum Gasteiger partial charge on any atom is 0.371 e. The van der Waals surface area contributed by atoms with Crippen LogP contribution in [0.1, 0.15) is 55.0 Å². The topological polar surface area (TPSA) is 62.5 Å². The molecule has 0 bridgehead atoms. The highest BCUT2D eigenvalue weighted by Crippen LogP contribution is 2.29. The lowest BCUT2D eigenvalue weighted by atomic mass is 9.79. The fourth-order valence-corrected chi connectivity index (χ4v) is 2.79. The molecule has 3 atom stereocenters. The Labute approximate surface area is 114 Å². The first kappa shape index (κ1) is 14.1. The summed E-state index contributed by atoms with van der Waals surface area (Å²) >= 11 is 0. The zero-order chi connectivity index (χ0) is 14.0. The molecule has 1 fully saturated rings. The van der Waals surface area contributed by atoms with Gasteiger partial charge in [-0.1, -0.05) is 13.8 Å². The largest absolute Gasteiger partial charge is 0.475 e. The van der Waals surface area contributed by atoms with Crippen LogP contribution in [-0.4, -0.2) is 17.1 Å². The molecule has 0 aromatic carbocycles. The van der Waals surface area contributed by atoms with E-state index in [1.54, 1.807) is 6.07 Å². The molecule has 0 aliphatic heterocycles. The van der Waals surface area contributed by atoms with E-state index in [0.29, 0.717) is 18.3 Å². The Balaban J connectivity index is 1.90. The van der Waals surface area contributed by atoms with Crippen molar-refractivity contribution in [1.29, 1.82) is 0 Å². The number of carbonyl (C=O) groups is 1. The molecule has 0 radical (unpaired) electrons. The Morgan fingerprint density at radius 2 is 2.16 bits per heavy atom. The molecule has 1 aromatic heterocycles. The van der Waals surface area contributed by atoms with Gasteiger partial charge in [-0.15, -0.1) is 0 Å². The molecule has 1 aromatic rings. The minimum absolute atomic E-state index is 0.0277. The van der Waals surface area contributed by atoms with Gasteiger partial charge in [0.25, 0.3) is 0 Å². The lowest BCUT2D eigenvalue weighted by Gasteiger charge is -2.32. The number of rotatable bonds is 4. The smallest absolute Gasteiger partial charge is 0.371 e. The number of aryl methyl sites for hydroxylation is 1. The summed E-state index contributed by atoms with van der Waals surface area (Å²) in [5.41, 5.74) is 0.948. The highest BCUT2D eigenvalue weighted by atomic mass is 16.4. The summed E-state index contributed by atoms with van der Waals surface area (Å²) in [7, 11) is 0. The Morgan fingerprint density at radius 1 is 1.42 bits per heavy atom. The number of carboxylic acids is 1. The van der Waals surface area contributed by atoms with E-state index in [1.165, 1.54) is 19.3 Å². The monoisotopic (exact) mass is 265 g/mol. The van der Waals surface area contributed by atoms with Crippen LogP contribution in [-0.2, 0) is 6.54 Å². The van der Waals surface area contributed by atoms with E-state index >= 15 is 0 Å². The third-order valence-corrected chi connectivity index (χ3v) is 4.41. The van der Waals surface area contributed by atoms with Gasteiger partial charge in [-0.3, -0.25) is 0 Å². The van der Waals surface area contributed by atoms with Gasteiger partial charge in [0.05, 0.1) is 0 Å². The lowest BCUT2D eigenvalue weighted by molar-refractivity contribution is 0.0661. The summed E-state index contributed by atoms with van der Waals surface area (Å²) in [4.78, 5) is 10.8. The van der Waals surface area contributed by atoms with Crippen LogP contribution in [0.5, 0.6) is 0 Å². The number of nitrogens with one attached hydrogen (secondary N) is 1. The standard InChI is InChI=1S/C15H23NO3/c1-9-4-5-13(6-10(9)2)16-8-12-7-14(15(17)18)19-11(12)3/h7,9-10,13,16H,4-6,8H2,1-3H3,(H,17,18). The van der Waals surface area contributed by atoms with Gasteiger partial charge >= 0.3 is 5.97 Å². The summed E-state index contributed by atoms with van der Waals surface area (Å²) in [5.74, 6) is 1.29. The van der Waals surface area contributed by atoms with Gasteiger partial charge in [0, 0.05) is 18.2 Å². The van der Waals surface area contributed by atoms with E-state index in [0.717, 1.165) is 17.4 Å². The molecule has 0 amide bonds. The summed E-state index contributed by atoms with van der Waals surface area (Å²) in [5, 5.41) is 12.4. The van der Waals surface area contributed by atoms with Crippen LogP contribution in [0.3, 0.4) is 0 Å². The molecule has 1 aliphatic carbocycles. The third kappa shape index (κ3) is 3.38. The second kappa shape index (κ2) is 5.78. The van der Waals surface area contributed by atoms with Crippen LogP contribution in [0.25, 0.3) is 0 Å². The average Bonchev–Trinajstić information content (AvgIpc) is 2.73. The van der Waals surface area contributed by atoms with Crippen molar-refractivity contribution in [2.75, 3.05) is 0 Å². The lowest BCUT2D eigenvalue weighted by Crippen LogP contribution is -2.35. The van der Waals surface area contributed by atoms with Gasteiger partial charge in [0.1, 0.15) is 5.76 Å². The molecular formula is C15H23NO3. The maximum atomic E-state index is 10.8. The van der Waals surface area contributed by atoms with Crippen molar-refractivity contribution >= 4 is 5.97 Å². The van der Waals surface area contributed by atoms with Gasteiger partial charge in [-0.25, -0.2) is 4.79 Å². The van der Waals surface area contributed by atoms with Crippen molar-refractivity contribution in [3.63, 3.8) is 0 Å². The predicted octanol–water partition coefficient (Wildman–Crippen LogP) is 3.20. The van der Waals surface area contributed by atoms with Crippen LogP contribution in [0.4, 0.5) is 0 Å². The van der Waals surface area contributed by atoms with Crippen molar-refractivity contribution in [3.8, 4) is 0 Å². The van der Waals surface area contributed by atoms with Crippen LogP contribution < -0.4 is 5.32 Å². The minimum atomic E-state index is -1.01. The Hall–Kier alpha value is -1.29. The predicted molar refractivity (Wildman–Crippen MR) is 73.2 cm³/mol. The first-order valence-corrected chi connectivity index (χ1v) is 7.03. The molecular weight excluding hydrogens is 242 g/mol. The van der Waals surface area contributed by atoms with Gasteiger partial charge in [-0.2, -0.15) is 0 Å². The van der Waals surface area contributed by atoms with Gasteiger partial charge < -0.3 is 14.8 Å². The number of aromatic carboxylic acids is 1. The number of carboxylic acid groups (broad SMARTS) is 1. The first-order valence-electron chi connectivity index (χ1n) is 7.03. The second-order valence-corrected chi connectivity index (χ2v) is 5.84. The quantitative estimate of drug-likeness (QED) is 0.877. The summed E-state index contributed by atoms with van der Waals surface area (Å²) < 4.78 is 5.21. The van der Waals surface area contributed by atoms with Crippen molar-refractivity contribution in [3.05, 3.63) is 23.2 Å². The maximum absolute atomic E-state index is 10.8. The Kier molecular flexibility index (Phi) is 4.30. The normalized spacial score (nSPS) is 27.4. The second-order valence-electron chi connectivity index (χ2n) is 5.84. The Morgan fingerprint density at radius 3 is 2.74 bits per heavy atom. The fraction of sp³-hybridized carbons (Fsp3) is 0.667. The molecule has 3 unspecified atom stereocenters. The van der Waals surface area contributed by atoms with Gasteiger partial charge in [-0.05, 0) is 44.1 Å². The highest BCUT2D eigenvalue weighted by molar-refractivity contribution is 5.84. The molecule has 1 heterocycles. The van der Waals surface area contributed by atoms with E-state index in [4.69, 9.17) is 9.52 Å². The minimum Gasteiger partial charge on any atom is -0.475 e. The zero-order valence-corrected chi connectivity index (χ0v) is 11.9. The van der Waals surface area contributed by atoms with Crippen molar-refractivity contribution in [2.45, 2.75) is 52.6 Å². The Bertz CT molecular complexity index is 452. The van der Waals surface area contributed by atoms with E-state index in [1.807, 2.05) is 6.92 Å². The molecule has 4 heteroatoms. The van der Waals surface area contributed by atoms with Crippen LogP contribution in [0, 0.1) is 18.8 Å². The van der Waals surface area contributed by atoms with Crippen molar-refractivity contribution in [2.24, 2.45) is 11.8 Å².